The van der Waals surface area contributed by atoms with Crippen molar-refractivity contribution < 1.29 is 4.57 Å². The molecule has 0 fully saturated rings. The van der Waals surface area contributed by atoms with Crippen LogP contribution in [0.15, 0.2) is 43.0 Å². The highest BCUT2D eigenvalue weighted by molar-refractivity contribution is 7.21. The Hall–Kier alpha value is -2.27. The summed E-state index contributed by atoms with van der Waals surface area (Å²) < 4.78 is 5.78. The molecule has 4 aromatic heterocycles. The molecule has 0 spiro atoms. The van der Waals surface area contributed by atoms with Gasteiger partial charge in [-0.1, -0.05) is 17.4 Å². The molecule has 0 N–H and O–H groups in total. The van der Waals surface area contributed by atoms with Gasteiger partial charge in [0, 0.05) is 30.1 Å². The average Bonchev–Trinajstić information content (AvgIpc) is 3.05. The first-order valence-electron chi connectivity index (χ1n) is 6.13. The van der Waals surface area contributed by atoms with E-state index in [9.17, 15) is 0 Å². The molecular formula is C14H9N4S+. The minimum Gasteiger partial charge on any atom is -0.251 e. The van der Waals surface area contributed by atoms with Crippen molar-refractivity contribution in [3.05, 3.63) is 48.5 Å². The summed E-state index contributed by atoms with van der Waals surface area (Å²) in [5.41, 5.74) is 4.84. The number of pyridine rings is 1. The second kappa shape index (κ2) is 3.19. The average molecular weight is 265 g/mol. The smallest absolute Gasteiger partial charge is 0.251 e. The predicted octanol–water partition coefficient (Wildman–Crippen LogP) is 2.26. The van der Waals surface area contributed by atoms with Gasteiger partial charge in [0.2, 0.25) is 5.01 Å². The molecule has 0 atom stereocenters. The predicted molar refractivity (Wildman–Crippen MR) is 73.1 cm³/mol. The van der Waals surface area contributed by atoms with E-state index in [2.05, 4.69) is 31.1 Å². The molecule has 5 heterocycles. The Bertz CT molecular complexity index is 951. The van der Waals surface area contributed by atoms with Crippen LogP contribution in [0.3, 0.4) is 0 Å². The van der Waals surface area contributed by atoms with Crippen LogP contribution in [0.4, 0.5) is 0 Å². The fourth-order valence-electron chi connectivity index (χ4n) is 2.83. The molecule has 0 unspecified atom stereocenters. The van der Waals surface area contributed by atoms with Gasteiger partial charge in [0.15, 0.2) is 6.33 Å². The zero-order valence-electron chi connectivity index (χ0n) is 9.95. The SMILES string of the molecule is c1cnc2c(c1)C[n+]1c-2sc2cc3ccncn3c21. The van der Waals surface area contributed by atoms with Gasteiger partial charge < -0.3 is 0 Å². The number of rotatable bonds is 0. The lowest BCUT2D eigenvalue weighted by molar-refractivity contribution is -0.644. The molecule has 0 bridgehead atoms. The largest absolute Gasteiger partial charge is 0.307 e. The van der Waals surface area contributed by atoms with Crippen LogP contribution in [0.25, 0.3) is 26.6 Å². The van der Waals surface area contributed by atoms with Crippen LogP contribution in [0.5, 0.6) is 0 Å². The first-order valence-corrected chi connectivity index (χ1v) is 6.95. The molecule has 0 radical (unpaired) electrons. The fourth-order valence-corrected chi connectivity index (χ4v) is 4.06. The number of hydrogen-bond acceptors (Lipinski definition) is 3. The number of thiazole rings is 1. The van der Waals surface area contributed by atoms with Crippen molar-refractivity contribution in [2.75, 3.05) is 0 Å². The van der Waals surface area contributed by atoms with Crippen molar-refractivity contribution in [2.45, 2.75) is 6.54 Å². The molecule has 1 aliphatic rings. The van der Waals surface area contributed by atoms with E-state index in [1.807, 2.05) is 30.9 Å². The molecule has 19 heavy (non-hydrogen) atoms. The highest BCUT2D eigenvalue weighted by Crippen LogP contribution is 2.35. The summed E-state index contributed by atoms with van der Waals surface area (Å²) in [6, 6.07) is 8.42. The molecule has 0 amide bonds. The third kappa shape index (κ3) is 1.11. The molecule has 0 aliphatic carbocycles. The van der Waals surface area contributed by atoms with E-state index < -0.39 is 0 Å². The number of aromatic nitrogens is 4. The third-order valence-electron chi connectivity index (χ3n) is 3.65. The second-order valence-corrected chi connectivity index (χ2v) is 5.74. The van der Waals surface area contributed by atoms with Gasteiger partial charge in [-0.25, -0.2) is 9.55 Å². The van der Waals surface area contributed by atoms with Gasteiger partial charge in [0.05, 0.1) is 0 Å². The summed E-state index contributed by atoms with van der Waals surface area (Å²) in [6.07, 6.45) is 5.58. The zero-order valence-corrected chi connectivity index (χ0v) is 10.8. The Morgan fingerprint density at radius 3 is 3.26 bits per heavy atom. The van der Waals surface area contributed by atoms with Gasteiger partial charge in [-0.15, -0.1) is 0 Å². The van der Waals surface area contributed by atoms with Crippen LogP contribution < -0.4 is 4.57 Å². The monoisotopic (exact) mass is 265 g/mol. The molecule has 0 saturated carbocycles. The lowest BCUT2D eigenvalue weighted by Gasteiger charge is -1.91. The molecule has 1 aliphatic heterocycles. The quantitative estimate of drug-likeness (QED) is 0.402. The summed E-state index contributed by atoms with van der Waals surface area (Å²) in [4.78, 5) is 8.75. The van der Waals surface area contributed by atoms with E-state index in [1.54, 1.807) is 11.3 Å². The lowest BCUT2D eigenvalue weighted by Crippen LogP contribution is -2.31. The second-order valence-electron chi connectivity index (χ2n) is 4.71. The standard InChI is InChI=1S/C14H9N4S/c1-2-9-7-17-13-11(19-14(17)12(9)16-4-1)6-10-3-5-15-8-18(10)13/h1-6,8H,7H2/q+1. The highest BCUT2D eigenvalue weighted by Gasteiger charge is 2.31. The summed E-state index contributed by atoms with van der Waals surface area (Å²) in [5, 5.41) is 1.25. The van der Waals surface area contributed by atoms with Crippen molar-refractivity contribution in [3.63, 3.8) is 0 Å². The van der Waals surface area contributed by atoms with Gasteiger partial charge in [-0.2, -0.15) is 4.40 Å². The first-order chi connectivity index (χ1) is 9.42. The normalized spacial score (nSPS) is 13.1. The number of fused-ring (bicyclic) bond motifs is 7. The maximum Gasteiger partial charge on any atom is 0.307 e. The Morgan fingerprint density at radius 1 is 1.26 bits per heavy atom. The molecule has 5 heteroatoms. The molecule has 0 aromatic carbocycles. The van der Waals surface area contributed by atoms with Gasteiger partial charge >= 0.3 is 5.65 Å². The van der Waals surface area contributed by atoms with Crippen LogP contribution in [0.1, 0.15) is 5.56 Å². The minimum atomic E-state index is 0.902. The van der Waals surface area contributed by atoms with Gasteiger partial charge in [-0.05, 0) is 6.07 Å². The molecule has 0 saturated heterocycles. The van der Waals surface area contributed by atoms with Crippen LogP contribution in [-0.4, -0.2) is 14.4 Å². The zero-order chi connectivity index (χ0) is 12.4. The summed E-state index contributed by atoms with van der Waals surface area (Å²) in [6.45, 7) is 0.902. The van der Waals surface area contributed by atoms with E-state index in [0.29, 0.717) is 0 Å². The molecule has 90 valence electrons. The van der Waals surface area contributed by atoms with Gasteiger partial charge in [-0.3, -0.25) is 4.98 Å². The summed E-state index contributed by atoms with van der Waals surface area (Å²) in [5.74, 6) is 0. The highest BCUT2D eigenvalue weighted by atomic mass is 32.1. The maximum absolute atomic E-state index is 4.52. The lowest BCUT2D eigenvalue weighted by atomic mass is 10.2. The Kier molecular flexibility index (Phi) is 1.62. The Morgan fingerprint density at radius 2 is 2.26 bits per heavy atom. The van der Waals surface area contributed by atoms with Crippen molar-refractivity contribution in [2.24, 2.45) is 0 Å². The molecule has 5 rings (SSSR count). The number of hydrogen-bond donors (Lipinski definition) is 0. The Balaban J connectivity index is 1.94. The topological polar surface area (TPSA) is 34.1 Å². The van der Waals surface area contributed by atoms with Gasteiger partial charge in [0.25, 0.3) is 0 Å². The van der Waals surface area contributed by atoms with Crippen molar-refractivity contribution >= 4 is 27.2 Å². The minimum absolute atomic E-state index is 0.902. The Labute approximate surface area is 112 Å². The van der Waals surface area contributed by atoms with E-state index in [0.717, 1.165) is 12.2 Å². The van der Waals surface area contributed by atoms with Crippen LogP contribution in [0, 0.1) is 0 Å². The van der Waals surface area contributed by atoms with E-state index >= 15 is 0 Å². The first kappa shape index (κ1) is 9.63. The fraction of sp³-hybridized carbons (Fsp3) is 0.0714. The number of nitrogens with zero attached hydrogens (tertiary/aromatic N) is 4. The van der Waals surface area contributed by atoms with E-state index in [-0.39, 0.29) is 0 Å². The van der Waals surface area contributed by atoms with Crippen molar-refractivity contribution in [1.82, 2.24) is 14.4 Å². The van der Waals surface area contributed by atoms with Gasteiger partial charge in [0.1, 0.15) is 22.5 Å². The van der Waals surface area contributed by atoms with Crippen molar-refractivity contribution in [1.29, 1.82) is 0 Å². The molecular weight excluding hydrogens is 256 g/mol. The third-order valence-corrected chi connectivity index (χ3v) is 4.78. The van der Waals surface area contributed by atoms with Crippen molar-refractivity contribution in [3.8, 4) is 10.7 Å². The van der Waals surface area contributed by atoms with Crippen LogP contribution in [0.2, 0.25) is 0 Å². The molecule has 4 nitrogen and oxygen atoms in total. The van der Waals surface area contributed by atoms with Crippen LogP contribution >= 0.6 is 11.3 Å². The van der Waals surface area contributed by atoms with E-state index in [4.69, 9.17) is 0 Å². The summed E-state index contributed by atoms with van der Waals surface area (Å²) >= 11 is 1.81. The summed E-state index contributed by atoms with van der Waals surface area (Å²) in [7, 11) is 0. The van der Waals surface area contributed by atoms with Crippen LogP contribution in [-0.2, 0) is 6.54 Å². The van der Waals surface area contributed by atoms with E-state index in [1.165, 1.54) is 26.4 Å². The maximum atomic E-state index is 4.52. The molecule has 4 aromatic rings.